The van der Waals surface area contributed by atoms with Gasteiger partial charge in [0.05, 0.1) is 13.2 Å². The van der Waals surface area contributed by atoms with Gasteiger partial charge in [-0.3, -0.25) is 9.59 Å². The molecule has 0 aliphatic carbocycles. The molecule has 3 heterocycles. The van der Waals surface area contributed by atoms with Crippen LogP contribution >= 0.6 is 0 Å². The van der Waals surface area contributed by atoms with Gasteiger partial charge in [-0.1, -0.05) is 0 Å². The van der Waals surface area contributed by atoms with Crippen LogP contribution in [0.4, 0.5) is 0 Å². The van der Waals surface area contributed by atoms with Crippen LogP contribution in [0, 0.1) is 0 Å². The molecule has 0 atom stereocenters. The van der Waals surface area contributed by atoms with E-state index in [4.69, 9.17) is 4.74 Å². The van der Waals surface area contributed by atoms with Crippen molar-refractivity contribution in [3.63, 3.8) is 0 Å². The molecule has 1 amide bonds. The number of morpholine rings is 1. The molecule has 2 aromatic heterocycles. The topological polar surface area (TPSA) is 56.5 Å². The number of aromatic nitrogens is 2. The van der Waals surface area contributed by atoms with Crippen molar-refractivity contribution in [1.29, 1.82) is 0 Å². The number of ether oxygens (including phenoxy) is 1. The largest absolute Gasteiger partial charge is 0.378 e. The third-order valence-corrected chi connectivity index (χ3v) is 3.90. The Hall–Kier alpha value is -2.08. The van der Waals surface area contributed by atoms with Gasteiger partial charge in [-0.05, 0) is 19.1 Å². The summed E-state index contributed by atoms with van der Waals surface area (Å²) < 4.78 is 8.64. The third-order valence-electron chi connectivity index (χ3n) is 3.90. The monoisotopic (exact) mass is 289 g/mol. The number of nitrogens with zero attached hydrogens (tertiary/aromatic N) is 3. The lowest BCUT2D eigenvalue weighted by Gasteiger charge is -2.27. The van der Waals surface area contributed by atoms with Crippen molar-refractivity contribution in [3.8, 4) is 0 Å². The first-order valence-corrected chi connectivity index (χ1v) is 7.24. The first-order valence-electron chi connectivity index (χ1n) is 7.24. The summed E-state index contributed by atoms with van der Waals surface area (Å²) >= 11 is 0. The fraction of sp³-hybridized carbons (Fsp3) is 0.467. The Bertz CT molecular complexity index is 711. The lowest BCUT2D eigenvalue weighted by atomic mass is 10.3. The van der Waals surface area contributed by atoms with Crippen molar-refractivity contribution in [2.75, 3.05) is 26.3 Å². The summed E-state index contributed by atoms with van der Waals surface area (Å²) in [5.74, 6) is -0.0330. The summed E-state index contributed by atoms with van der Waals surface area (Å²) in [6, 6.07) is 3.81. The molecule has 0 aromatic carbocycles. The highest BCUT2D eigenvalue weighted by molar-refractivity contribution is 5.80. The van der Waals surface area contributed by atoms with Gasteiger partial charge in [-0.25, -0.2) is 0 Å². The zero-order valence-corrected chi connectivity index (χ0v) is 12.1. The van der Waals surface area contributed by atoms with Crippen LogP contribution in [-0.4, -0.2) is 46.2 Å². The van der Waals surface area contributed by atoms with E-state index in [1.54, 1.807) is 11.1 Å². The lowest BCUT2D eigenvalue weighted by Crippen LogP contribution is -2.43. The van der Waals surface area contributed by atoms with E-state index in [1.807, 2.05) is 29.8 Å². The number of rotatable bonds is 3. The molecule has 1 aliphatic heterocycles. The molecule has 0 spiro atoms. The van der Waals surface area contributed by atoms with Crippen molar-refractivity contribution < 1.29 is 9.53 Å². The van der Waals surface area contributed by atoms with Crippen LogP contribution in [0.1, 0.15) is 6.92 Å². The summed E-state index contributed by atoms with van der Waals surface area (Å²) in [4.78, 5) is 26.5. The maximum absolute atomic E-state index is 12.5. The van der Waals surface area contributed by atoms with Gasteiger partial charge in [0, 0.05) is 37.4 Å². The van der Waals surface area contributed by atoms with Crippen LogP contribution in [0.3, 0.4) is 0 Å². The molecule has 1 saturated heterocycles. The number of hydrogen-bond donors (Lipinski definition) is 0. The maximum Gasteiger partial charge on any atom is 0.275 e. The first kappa shape index (κ1) is 13.9. The van der Waals surface area contributed by atoms with Crippen molar-refractivity contribution in [3.05, 3.63) is 34.9 Å². The number of aryl methyl sites for hydroxylation is 1. The van der Waals surface area contributed by atoms with E-state index in [2.05, 4.69) is 0 Å². The van der Waals surface area contributed by atoms with Gasteiger partial charge in [0.2, 0.25) is 5.91 Å². The van der Waals surface area contributed by atoms with Gasteiger partial charge in [0.1, 0.15) is 12.1 Å². The minimum Gasteiger partial charge on any atom is -0.378 e. The van der Waals surface area contributed by atoms with Crippen LogP contribution < -0.4 is 5.56 Å². The molecule has 6 nitrogen and oxygen atoms in total. The number of amides is 1. The number of pyridine rings is 1. The molecule has 0 radical (unpaired) electrons. The molecule has 2 aromatic rings. The van der Waals surface area contributed by atoms with Gasteiger partial charge >= 0.3 is 0 Å². The molecular weight excluding hydrogens is 270 g/mol. The maximum atomic E-state index is 12.5. The first-order chi connectivity index (χ1) is 10.2. The van der Waals surface area contributed by atoms with E-state index >= 15 is 0 Å². The number of fused-ring (bicyclic) bond motifs is 1. The Labute approximate surface area is 122 Å². The second-order valence-electron chi connectivity index (χ2n) is 5.15. The highest BCUT2D eigenvalue weighted by atomic mass is 16.5. The molecule has 112 valence electrons. The minimum atomic E-state index is -0.110. The molecular formula is C15H19N3O3. The van der Waals surface area contributed by atoms with E-state index in [9.17, 15) is 9.59 Å². The highest BCUT2D eigenvalue weighted by Gasteiger charge is 2.18. The van der Waals surface area contributed by atoms with Gasteiger partial charge < -0.3 is 18.8 Å². The predicted octanol–water partition coefficient (Wildman–Crippen LogP) is 0.682. The van der Waals surface area contributed by atoms with Crippen LogP contribution in [0.5, 0.6) is 0 Å². The fourth-order valence-electron chi connectivity index (χ4n) is 2.69. The van der Waals surface area contributed by atoms with Crippen molar-refractivity contribution in [2.45, 2.75) is 20.0 Å². The Morgan fingerprint density at radius 3 is 2.52 bits per heavy atom. The van der Waals surface area contributed by atoms with E-state index in [0.717, 1.165) is 11.9 Å². The standard InChI is InChI=1S/C15H19N3O3/c1-2-16-5-3-12-4-6-18(15(20)14(12)16)11-13(19)17-7-9-21-10-8-17/h3-6H,2,7-11H2,1H3. The Morgan fingerprint density at radius 1 is 1.19 bits per heavy atom. The van der Waals surface area contributed by atoms with Crippen molar-refractivity contribution in [2.24, 2.45) is 0 Å². The Kier molecular flexibility index (Phi) is 3.79. The molecule has 6 heteroatoms. The quantitative estimate of drug-likeness (QED) is 0.835. The van der Waals surface area contributed by atoms with E-state index in [-0.39, 0.29) is 18.0 Å². The van der Waals surface area contributed by atoms with Crippen LogP contribution in [0.25, 0.3) is 10.9 Å². The highest BCUT2D eigenvalue weighted by Crippen LogP contribution is 2.11. The fourth-order valence-corrected chi connectivity index (χ4v) is 2.69. The molecule has 0 N–H and O–H groups in total. The number of carbonyl (C=O) groups is 1. The van der Waals surface area contributed by atoms with Crippen molar-refractivity contribution >= 4 is 16.8 Å². The van der Waals surface area contributed by atoms with Crippen molar-refractivity contribution in [1.82, 2.24) is 14.0 Å². The van der Waals surface area contributed by atoms with Gasteiger partial charge in [-0.15, -0.1) is 0 Å². The molecule has 1 aliphatic rings. The summed E-state index contributed by atoms with van der Waals surface area (Å²) in [7, 11) is 0. The molecule has 0 unspecified atom stereocenters. The average Bonchev–Trinajstić information content (AvgIpc) is 2.94. The Balaban J connectivity index is 1.88. The van der Waals surface area contributed by atoms with Crippen LogP contribution in [-0.2, 0) is 22.6 Å². The van der Waals surface area contributed by atoms with E-state index in [1.165, 1.54) is 4.57 Å². The summed E-state index contributed by atoms with van der Waals surface area (Å²) in [6.07, 6.45) is 3.60. The number of hydrogen-bond acceptors (Lipinski definition) is 3. The SMILES string of the molecule is CCn1ccc2ccn(CC(=O)N3CCOCC3)c(=O)c21. The summed E-state index contributed by atoms with van der Waals surface area (Å²) in [5, 5.41) is 0.914. The normalized spacial score (nSPS) is 15.6. The zero-order valence-electron chi connectivity index (χ0n) is 12.1. The smallest absolute Gasteiger partial charge is 0.275 e. The third kappa shape index (κ3) is 2.58. The number of carbonyl (C=O) groups excluding carboxylic acids is 1. The van der Waals surface area contributed by atoms with Crippen LogP contribution in [0.2, 0.25) is 0 Å². The average molecular weight is 289 g/mol. The second kappa shape index (κ2) is 5.73. The second-order valence-corrected chi connectivity index (χ2v) is 5.15. The summed E-state index contributed by atoms with van der Waals surface area (Å²) in [5.41, 5.74) is 0.552. The van der Waals surface area contributed by atoms with E-state index < -0.39 is 0 Å². The van der Waals surface area contributed by atoms with Gasteiger partial charge in [0.15, 0.2) is 0 Å². The molecule has 1 fully saturated rings. The molecule has 21 heavy (non-hydrogen) atoms. The Morgan fingerprint density at radius 2 is 1.86 bits per heavy atom. The van der Waals surface area contributed by atoms with Gasteiger partial charge in [-0.2, -0.15) is 0 Å². The molecule has 0 bridgehead atoms. The summed E-state index contributed by atoms with van der Waals surface area (Å²) in [6.45, 7) is 5.15. The lowest BCUT2D eigenvalue weighted by molar-refractivity contribution is -0.135. The molecule has 0 saturated carbocycles. The predicted molar refractivity (Wildman–Crippen MR) is 79.3 cm³/mol. The van der Waals surface area contributed by atoms with E-state index in [0.29, 0.717) is 31.8 Å². The van der Waals surface area contributed by atoms with Gasteiger partial charge in [0.25, 0.3) is 5.56 Å². The minimum absolute atomic E-state index is 0.0330. The zero-order chi connectivity index (χ0) is 14.8. The van der Waals surface area contributed by atoms with Crippen LogP contribution in [0.15, 0.2) is 29.3 Å². The molecule has 3 rings (SSSR count).